The minimum absolute atomic E-state index is 0.347. The summed E-state index contributed by atoms with van der Waals surface area (Å²) in [6.07, 6.45) is 1.59. The number of aromatic nitrogens is 3. The Balaban J connectivity index is 1.29. The topological polar surface area (TPSA) is 81.4 Å². The summed E-state index contributed by atoms with van der Waals surface area (Å²) in [5, 5.41) is 5.09. The predicted molar refractivity (Wildman–Crippen MR) is 122 cm³/mol. The summed E-state index contributed by atoms with van der Waals surface area (Å²) < 4.78 is 11.9. The Labute approximate surface area is 191 Å². The Bertz CT molecular complexity index is 1330. The zero-order valence-electron chi connectivity index (χ0n) is 16.0. The van der Waals surface area contributed by atoms with E-state index in [4.69, 9.17) is 27.9 Å². The lowest BCUT2D eigenvalue weighted by atomic mass is 10.1. The maximum Gasteiger partial charge on any atom is 0.283 e. The molecule has 0 atom stereocenters. The number of carbonyl (C=O) groups is 1. The maximum absolute atomic E-state index is 12.4. The lowest BCUT2D eigenvalue weighted by molar-refractivity contribution is 0.0830. The van der Waals surface area contributed by atoms with E-state index in [1.54, 1.807) is 30.5 Å². The molecule has 5 rings (SSSR count). The SMILES string of the molecule is O=C(N/N=C/c1ccc2c(c1)nc1n2CCOC1)c1cc(-c2ccc(Cl)cc2Cl)ns1. The lowest BCUT2D eigenvalue weighted by Crippen LogP contribution is -2.16. The van der Waals surface area contributed by atoms with E-state index in [2.05, 4.69) is 24.5 Å². The minimum atomic E-state index is -0.347. The Morgan fingerprint density at radius 3 is 3.00 bits per heavy atom. The molecule has 1 N–H and O–H groups in total. The van der Waals surface area contributed by atoms with Crippen molar-refractivity contribution >= 4 is 57.9 Å². The van der Waals surface area contributed by atoms with Crippen LogP contribution in [-0.4, -0.2) is 32.7 Å². The highest BCUT2D eigenvalue weighted by atomic mass is 35.5. The number of ether oxygens (including phenoxy) is 1. The molecule has 0 radical (unpaired) electrons. The molecule has 7 nitrogen and oxygen atoms in total. The van der Waals surface area contributed by atoms with E-state index in [-0.39, 0.29) is 5.91 Å². The maximum atomic E-state index is 12.4. The van der Waals surface area contributed by atoms with Gasteiger partial charge in [-0.15, -0.1) is 0 Å². The number of nitrogens with one attached hydrogen (secondary N) is 1. The summed E-state index contributed by atoms with van der Waals surface area (Å²) >= 11 is 13.2. The smallest absolute Gasteiger partial charge is 0.283 e. The zero-order valence-corrected chi connectivity index (χ0v) is 18.3. The third kappa shape index (κ3) is 4.07. The molecule has 10 heteroatoms. The van der Waals surface area contributed by atoms with E-state index >= 15 is 0 Å². The van der Waals surface area contributed by atoms with Crippen molar-refractivity contribution in [1.29, 1.82) is 0 Å². The molecule has 0 unspecified atom stereocenters. The van der Waals surface area contributed by atoms with E-state index in [0.717, 1.165) is 40.5 Å². The molecule has 0 fully saturated rings. The van der Waals surface area contributed by atoms with Crippen LogP contribution in [-0.2, 0) is 17.9 Å². The number of halogens is 2. The molecule has 0 spiro atoms. The van der Waals surface area contributed by atoms with E-state index in [9.17, 15) is 4.79 Å². The molecule has 0 bridgehead atoms. The van der Waals surface area contributed by atoms with Crippen LogP contribution in [0.2, 0.25) is 10.0 Å². The third-order valence-corrected chi connectivity index (χ3v) is 6.20. The van der Waals surface area contributed by atoms with Crippen molar-refractivity contribution in [2.75, 3.05) is 6.61 Å². The minimum Gasteiger partial charge on any atom is -0.372 e. The lowest BCUT2D eigenvalue weighted by Gasteiger charge is -2.14. The number of hydrazone groups is 1. The number of carbonyl (C=O) groups excluding carboxylic acids is 1. The molecule has 0 aliphatic carbocycles. The van der Waals surface area contributed by atoms with Gasteiger partial charge in [0, 0.05) is 17.1 Å². The Morgan fingerprint density at radius 2 is 2.13 bits per heavy atom. The van der Waals surface area contributed by atoms with E-state index < -0.39 is 0 Å². The van der Waals surface area contributed by atoms with Gasteiger partial charge in [-0.1, -0.05) is 29.3 Å². The van der Waals surface area contributed by atoms with Gasteiger partial charge in [-0.3, -0.25) is 4.79 Å². The molecule has 0 saturated heterocycles. The number of imidazole rings is 1. The van der Waals surface area contributed by atoms with Crippen LogP contribution >= 0.6 is 34.7 Å². The zero-order chi connectivity index (χ0) is 21.4. The molecule has 2 aromatic heterocycles. The first-order valence-electron chi connectivity index (χ1n) is 9.41. The number of hydrogen-bond donors (Lipinski definition) is 1. The molecule has 2 aromatic carbocycles. The summed E-state index contributed by atoms with van der Waals surface area (Å²) in [6.45, 7) is 2.01. The first-order valence-corrected chi connectivity index (χ1v) is 10.9. The quantitative estimate of drug-likeness (QED) is 0.343. The number of fused-ring (bicyclic) bond motifs is 3. The van der Waals surface area contributed by atoms with Crippen LogP contribution in [0.1, 0.15) is 21.1 Å². The van der Waals surface area contributed by atoms with E-state index in [1.165, 1.54) is 0 Å². The van der Waals surface area contributed by atoms with Gasteiger partial charge in [0.15, 0.2) is 0 Å². The van der Waals surface area contributed by atoms with Gasteiger partial charge in [-0.05, 0) is 53.5 Å². The van der Waals surface area contributed by atoms with Gasteiger partial charge in [0.25, 0.3) is 5.91 Å². The van der Waals surface area contributed by atoms with Crippen molar-refractivity contribution < 1.29 is 9.53 Å². The fourth-order valence-electron chi connectivity index (χ4n) is 3.38. The molecule has 0 saturated carbocycles. The summed E-state index contributed by atoms with van der Waals surface area (Å²) in [5.41, 5.74) is 6.64. The van der Waals surface area contributed by atoms with Crippen LogP contribution in [0.25, 0.3) is 22.3 Å². The van der Waals surface area contributed by atoms with Gasteiger partial charge >= 0.3 is 0 Å². The van der Waals surface area contributed by atoms with Gasteiger partial charge in [-0.25, -0.2) is 10.4 Å². The second kappa shape index (κ2) is 8.39. The fraction of sp³-hybridized carbons (Fsp3) is 0.143. The first kappa shape index (κ1) is 20.1. The standard InChI is InChI=1S/C21H15Cl2N5O2S/c22-13-2-3-14(15(23)8-13)16-9-19(31-27-16)21(29)26-24-10-12-1-4-18-17(7-12)25-20-11-30-6-5-28(18)20/h1-4,7-10H,5-6,11H2,(H,26,29)/b24-10+. The fourth-order valence-corrected chi connectivity index (χ4v) is 4.53. The van der Waals surface area contributed by atoms with E-state index in [0.29, 0.717) is 39.4 Å². The molecule has 1 aliphatic rings. The highest BCUT2D eigenvalue weighted by Crippen LogP contribution is 2.31. The van der Waals surface area contributed by atoms with Crippen molar-refractivity contribution in [2.24, 2.45) is 5.10 Å². The summed E-state index contributed by atoms with van der Waals surface area (Å²) in [6, 6.07) is 12.7. The molecule has 3 heterocycles. The highest BCUT2D eigenvalue weighted by molar-refractivity contribution is 7.08. The van der Waals surface area contributed by atoms with Gasteiger partial charge in [0.1, 0.15) is 17.3 Å². The molecule has 4 aromatic rings. The molecule has 156 valence electrons. The molecular weight excluding hydrogens is 457 g/mol. The van der Waals surface area contributed by atoms with Crippen molar-refractivity contribution in [2.45, 2.75) is 13.2 Å². The molecule has 1 aliphatic heterocycles. The van der Waals surface area contributed by atoms with Crippen molar-refractivity contribution in [3.8, 4) is 11.3 Å². The highest BCUT2D eigenvalue weighted by Gasteiger charge is 2.15. The molecular formula is C21H15Cl2N5O2S. The Hall–Kier alpha value is -2.78. The van der Waals surface area contributed by atoms with Crippen LogP contribution in [0.4, 0.5) is 0 Å². The summed E-state index contributed by atoms with van der Waals surface area (Å²) in [5.74, 6) is 0.575. The van der Waals surface area contributed by atoms with Gasteiger partial charge in [0.2, 0.25) is 0 Å². The van der Waals surface area contributed by atoms with Gasteiger partial charge in [-0.2, -0.15) is 9.47 Å². The first-order chi connectivity index (χ1) is 15.1. The summed E-state index contributed by atoms with van der Waals surface area (Å²) in [4.78, 5) is 17.5. The van der Waals surface area contributed by atoms with Crippen LogP contribution in [0.5, 0.6) is 0 Å². The van der Waals surface area contributed by atoms with Crippen molar-refractivity contribution in [3.05, 3.63) is 68.8 Å². The Kier molecular flexibility index (Phi) is 5.45. The van der Waals surface area contributed by atoms with Crippen LogP contribution in [0, 0.1) is 0 Å². The normalized spacial score (nSPS) is 13.6. The second-order valence-electron chi connectivity index (χ2n) is 6.88. The predicted octanol–water partition coefficient (Wildman–Crippen LogP) is 4.76. The molecule has 1 amide bonds. The molecule has 31 heavy (non-hydrogen) atoms. The van der Waals surface area contributed by atoms with E-state index in [1.807, 2.05) is 18.2 Å². The average Bonchev–Trinajstić information content (AvgIpc) is 3.38. The van der Waals surface area contributed by atoms with Crippen LogP contribution in [0.15, 0.2) is 47.6 Å². The largest absolute Gasteiger partial charge is 0.372 e. The number of hydrogen-bond acceptors (Lipinski definition) is 6. The third-order valence-electron chi connectivity index (χ3n) is 4.86. The second-order valence-corrected chi connectivity index (χ2v) is 8.53. The Morgan fingerprint density at radius 1 is 1.23 bits per heavy atom. The number of benzene rings is 2. The van der Waals surface area contributed by atoms with Gasteiger partial charge in [0.05, 0.1) is 34.6 Å². The number of rotatable bonds is 4. The number of amides is 1. The van der Waals surface area contributed by atoms with Crippen LogP contribution in [0.3, 0.4) is 0 Å². The van der Waals surface area contributed by atoms with Crippen molar-refractivity contribution in [3.63, 3.8) is 0 Å². The summed E-state index contributed by atoms with van der Waals surface area (Å²) in [7, 11) is 0. The van der Waals surface area contributed by atoms with Crippen molar-refractivity contribution in [1.82, 2.24) is 19.4 Å². The monoisotopic (exact) mass is 471 g/mol. The average molecular weight is 472 g/mol. The van der Waals surface area contributed by atoms with Gasteiger partial charge < -0.3 is 9.30 Å². The number of nitrogens with zero attached hydrogens (tertiary/aromatic N) is 4. The van der Waals surface area contributed by atoms with Crippen LogP contribution < -0.4 is 5.43 Å².